The van der Waals surface area contributed by atoms with Crippen LogP contribution in [0.3, 0.4) is 0 Å². The largest absolute Gasteiger partial charge is 0.0811 e. The molecule has 1 aromatic carbocycles. The van der Waals surface area contributed by atoms with E-state index in [1.807, 2.05) is 0 Å². The van der Waals surface area contributed by atoms with Crippen molar-refractivity contribution in [3.8, 4) is 0 Å². The lowest BCUT2D eigenvalue weighted by atomic mass is 9.90. The molecule has 0 bridgehead atoms. The van der Waals surface area contributed by atoms with Gasteiger partial charge in [-0.2, -0.15) is 0 Å². The van der Waals surface area contributed by atoms with Crippen molar-refractivity contribution in [2.24, 2.45) is 5.92 Å². The van der Waals surface area contributed by atoms with Gasteiger partial charge in [0.25, 0.3) is 0 Å². The van der Waals surface area contributed by atoms with Crippen molar-refractivity contribution < 1.29 is 0 Å². The van der Waals surface area contributed by atoms with Gasteiger partial charge in [-0.1, -0.05) is 54.1 Å². The summed E-state index contributed by atoms with van der Waals surface area (Å²) in [4.78, 5) is 0. The predicted molar refractivity (Wildman–Crippen MR) is 65.8 cm³/mol. The molecule has 0 fully saturated rings. The molecular weight excluding hydrogens is 180 g/mol. The Morgan fingerprint density at radius 2 is 2.00 bits per heavy atom. The Bertz CT molecular complexity index is 357. The van der Waals surface area contributed by atoms with Crippen molar-refractivity contribution in [2.45, 2.75) is 26.2 Å². The summed E-state index contributed by atoms with van der Waals surface area (Å²) in [5, 5.41) is 0. The van der Waals surface area contributed by atoms with Crippen LogP contribution in [0.2, 0.25) is 0 Å². The van der Waals surface area contributed by atoms with E-state index >= 15 is 0 Å². The van der Waals surface area contributed by atoms with Crippen LogP contribution in [0.25, 0.3) is 0 Å². The highest BCUT2D eigenvalue weighted by Gasteiger charge is 2.08. The molecule has 1 aliphatic rings. The first-order valence-corrected chi connectivity index (χ1v) is 5.72. The first-order chi connectivity index (χ1) is 7.34. The molecule has 0 saturated carbocycles. The third kappa shape index (κ3) is 3.09. The van der Waals surface area contributed by atoms with E-state index in [9.17, 15) is 0 Å². The first-order valence-electron chi connectivity index (χ1n) is 5.72. The molecule has 1 aliphatic carbocycles. The van der Waals surface area contributed by atoms with Crippen LogP contribution in [0.4, 0.5) is 0 Å². The average Bonchev–Trinajstić information content (AvgIpc) is 2.28. The van der Waals surface area contributed by atoms with Gasteiger partial charge in [0.1, 0.15) is 0 Å². The molecule has 0 heterocycles. The third-order valence-corrected chi connectivity index (χ3v) is 2.99. The quantitative estimate of drug-likeness (QED) is 0.684. The Balaban J connectivity index is 1.85. The molecule has 0 nitrogen and oxygen atoms in total. The summed E-state index contributed by atoms with van der Waals surface area (Å²) < 4.78 is 0. The van der Waals surface area contributed by atoms with Gasteiger partial charge in [-0.05, 0) is 37.7 Å². The number of hydrogen-bond donors (Lipinski definition) is 0. The van der Waals surface area contributed by atoms with E-state index < -0.39 is 0 Å². The molecule has 1 unspecified atom stereocenters. The lowest BCUT2D eigenvalue weighted by Gasteiger charge is -2.15. The van der Waals surface area contributed by atoms with Gasteiger partial charge in [0, 0.05) is 0 Å². The number of benzene rings is 1. The second-order valence-electron chi connectivity index (χ2n) is 4.39. The Morgan fingerprint density at radius 3 is 2.73 bits per heavy atom. The first kappa shape index (κ1) is 10.2. The van der Waals surface area contributed by atoms with Gasteiger partial charge in [-0.15, -0.1) is 0 Å². The standard InChI is InChI=1S/C15H18/c1-13-6-5-9-15(12-13)11-10-14-7-3-2-4-8-14/h2-9,15H,10-12H2,1H3. The fourth-order valence-electron chi connectivity index (χ4n) is 2.12. The molecule has 1 atom stereocenters. The van der Waals surface area contributed by atoms with Crippen molar-refractivity contribution in [1.82, 2.24) is 0 Å². The molecule has 0 N–H and O–H groups in total. The molecule has 15 heavy (non-hydrogen) atoms. The van der Waals surface area contributed by atoms with Crippen molar-refractivity contribution in [3.63, 3.8) is 0 Å². The van der Waals surface area contributed by atoms with Crippen molar-refractivity contribution in [2.75, 3.05) is 0 Å². The van der Waals surface area contributed by atoms with E-state index in [1.54, 1.807) is 0 Å². The molecular formula is C15H18. The van der Waals surface area contributed by atoms with Crippen LogP contribution >= 0.6 is 0 Å². The van der Waals surface area contributed by atoms with Crippen LogP contribution in [-0.2, 0) is 6.42 Å². The summed E-state index contributed by atoms with van der Waals surface area (Å²) in [6.07, 6.45) is 10.5. The van der Waals surface area contributed by atoms with Crippen molar-refractivity contribution in [3.05, 3.63) is 59.7 Å². The Morgan fingerprint density at radius 1 is 1.20 bits per heavy atom. The Hall–Kier alpha value is -1.30. The molecule has 0 radical (unpaired) electrons. The summed E-state index contributed by atoms with van der Waals surface area (Å²) in [5.41, 5.74) is 2.97. The number of allylic oxidation sites excluding steroid dienone is 4. The lowest BCUT2D eigenvalue weighted by Crippen LogP contribution is -2.02. The van der Waals surface area contributed by atoms with Gasteiger partial charge in [-0.3, -0.25) is 0 Å². The maximum Gasteiger partial charge on any atom is -0.0190 e. The zero-order valence-corrected chi connectivity index (χ0v) is 9.32. The molecule has 0 aromatic heterocycles. The SMILES string of the molecule is CC1=CC=CC(CCc2ccccc2)C1. The minimum Gasteiger partial charge on any atom is -0.0811 e. The van der Waals surface area contributed by atoms with Gasteiger partial charge in [0.05, 0.1) is 0 Å². The van der Waals surface area contributed by atoms with Gasteiger partial charge in [-0.25, -0.2) is 0 Å². The van der Waals surface area contributed by atoms with Crippen LogP contribution in [0.15, 0.2) is 54.1 Å². The highest BCUT2D eigenvalue weighted by atomic mass is 14.1. The van der Waals surface area contributed by atoms with Crippen LogP contribution in [-0.4, -0.2) is 0 Å². The Labute approximate surface area is 92.3 Å². The van der Waals surface area contributed by atoms with E-state index in [-0.39, 0.29) is 0 Å². The zero-order valence-electron chi connectivity index (χ0n) is 9.32. The van der Waals surface area contributed by atoms with E-state index in [0.29, 0.717) is 0 Å². The second-order valence-corrected chi connectivity index (χ2v) is 4.39. The van der Waals surface area contributed by atoms with Crippen LogP contribution in [0.1, 0.15) is 25.3 Å². The summed E-state index contributed by atoms with van der Waals surface area (Å²) in [5.74, 6) is 0.746. The molecule has 0 spiro atoms. The third-order valence-electron chi connectivity index (χ3n) is 2.99. The molecule has 0 saturated heterocycles. The zero-order chi connectivity index (χ0) is 10.5. The average molecular weight is 198 g/mol. The minimum absolute atomic E-state index is 0.746. The van der Waals surface area contributed by atoms with E-state index in [4.69, 9.17) is 0 Å². The van der Waals surface area contributed by atoms with E-state index in [1.165, 1.54) is 30.4 Å². The number of rotatable bonds is 3. The van der Waals surface area contributed by atoms with Gasteiger partial charge in [0.2, 0.25) is 0 Å². The van der Waals surface area contributed by atoms with Crippen LogP contribution in [0.5, 0.6) is 0 Å². The van der Waals surface area contributed by atoms with Gasteiger partial charge >= 0.3 is 0 Å². The summed E-state index contributed by atoms with van der Waals surface area (Å²) in [6.45, 7) is 2.22. The predicted octanol–water partition coefficient (Wildman–Crippen LogP) is 4.14. The number of aryl methyl sites for hydroxylation is 1. The monoisotopic (exact) mass is 198 g/mol. The minimum atomic E-state index is 0.746. The molecule has 2 rings (SSSR count). The van der Waals surface area contributed by atoms with Crippen LogP contribution in [0, 0.1) is 5.92 Å². The van der Waals surface area contributed by atoms with Crippen molar-refractivity contribution in [1.29, 1.82) is 0 Å². The maximum atomic E-state index is 2.34. The topological polar surface area (TPSA) is 0 Å². The molecule has 1 aromatic rings. The highest BCUT2D eigenvalue weighted by molar-refractivity contribution is 5.19. The maximum absolute atomic E-state index is 2.34. The fourth-order valence-corrected chi connectivity index (χ4v) is 2.12. The molecule has 78 valence electrons. The second kappa shape index (κ2) is 4.97. The molecule has 0 amide bonds. The van der Waals surface area contributed by atoms with Gasteiger partial charge < -0.3 is 0 Å². The summed E-state index contributed by atoms with van der Waals surface area (Å²) in [7, 11) is 0. The lowest BCUT2D eigenvalue weighted by molar-refractivity contribution is 0.579. The number of hydrogen-bond acceptors (Lipinski definition) is 0. The summed E-state index contributed by atoms with van der Waals surface area (Å²) in [6, 6.07) is 10.8. The highest BCUT2D eigenvalue weighted by Crippen LogP contribution is 2.22. The van der Waals surface area contributed by atoms with Crippen LogP contribution < -0.4 is 0 Å². The molecule has 0 aliphatic heterocycles. The fraction of sp³-hybridized carbons (Fsp3) is 0.333. The normalized spacial score (nSPS) is 20.1. The molecule has 0 heteroatoms. The van der Waals surface area contributed by atoms with E-state index in [2.05, 4.69) is 55.5 Å². The smallest absolute Gasteiger partial charge is 0.0190 e. The van der Waals surface area contributed by atoms with Gasteiger partial charge in [0.15, 0.2) is 0 Å². The van der Waals surface area contributed by atoms with E-state index in [0.717, 1.165) is 5.92 Å². The van der Waals surface area contributed by atoms with Crippen molar-refractivity contribution >= 4 is 0 Å². The summed E-state index contributed by atoms with van der Waals surface area (Å²) >= 11 is 0. The Kier molecular flexibility index (Phi) is 3.39.